The van der Waals surface area contributed by atoms with Gasteiger partial charge in [-0.2, -0.15) is 0 Å². The van der Waals surface area contributed by atoms with Gasteiger partial charge in [0.1, 0.15) is 0 Å². The van der Waals surface area contributed by atoms with E-state index in [9.17, 15) is 0 Å². The van der Waals surface area contributed by atoms with Crippen LogP contribution in [-0.4, -0.2) is 28.7 Å². The van der Waals surface area contributed by atoms with Crippen molar-refractivity contribution >= 4 is 40.7 Å². The van der Waals surface area contributed by atoms with E-state index in [2.05, 4.69) is 102 Å². The summed E-state index contributed by atoms with van der Waals surface area (Å²) in [6.45, 7) is 28.5. The van der Waals surface area contributed by atoms with E-state index in [4.69, 9.17) is 0 Å². The summed E-state index contributed by atoms with van der Waals surface area (Å²) in [5, 5.41) is 1.98. The predicted octanol–water partition coefficient (Wildman–Crippen LogP) is 10.1. The maximum atomic E-state index is 4.56. The van der Waals surface area contributed by atoms with Crippen LogP contribution in [0.4, 0.5) is 0 Å². The summed E-state index contributed by atoms with van der Waals surface area (Å²) in [5.74, 6) is 0. The second kappa shape index (κ2) is 2.63. The van der Waals surface area contributed by atoms with Gasteiger partial charge in [0.2, 0.25) is 0 Å². The van der Waals surface area contributed by atoms with Crippen molar-refractivity contribution in [2.75, 3.05) is 0 Å². The maximum Gasteiger partial charge on any atom is -0.147 e. The smallest absolute Gasteiger partial charge is 0.147 e. The molecule has 32 heavy (non-hydrogen) atoms. The molecule has 0 aliphatic carbocycles. The average Bonchev–Trinajstić information content (AvgIpc) is 3.41. The number of rotatable bonds is 2. The van der Waals surface area contributed by atoms with Crippen molar-refractivity contribution in [2.24, 2.45) is 0 Å². The van der Waals surface area contributed by atoms with Crippen molar-refractivity contribution in [1.29, 1.82) is 0 Å². The first kappa shape index (κ1) is 22.6. The number of hydrogen-bond donors (Lipinski definition) is 0. The molecule has 0 bridgehead atoms. The summed E-state index contributed by atoms with van der Waals surface area (Å²) in [5.41, 5.74) is 0. The minimum Gasteiger partial charge on any atom is -0.147 e. The molecule has 0 N–H and O–H groups in total. The van der Waals surface area contributed by atoms with Crippen LogP contribution in [0.3, 0.4) is 0 Å². The Kier molecular flexibility index (Phi) is 1.86. The molecule has 0 radical (unpaired) electrons. The molecule has 10 fully saturated rings. The molecular formula is C26H45Cl2FeP2Pd. The van der Waals surface area contributed by atoms with Crippen molar-refractivity contribution < 1.29 is 25.7 Å². The molecule has 0 aromatic heterocycles. The first-order valence-corrected chi connectivity index (χ1v) is 22.1. The fourth-order valence-corrected chi connectivity index (χ4v) is 146. The third kappa shape index (κ3) is 0.417. The molecule has 0 amide bonds. The van der Waals surface area contributed by atoms with Crippen LogP contribution >= 0.6 is 40.7 Å². The van der Waals surface area contributed by atoms with Gasteiger partial charge < -0.3 is 0 Å². The minimum absolute atomic E-state index is 0. The van der Waals surface area contributed by atoms with Crippen LogP contribution in [0, 0.1) is 0 Å². The average molecular weight is 653 g/mol. The summed E-state index contributed by atoms with van der Waals surface area (Å²) < 4.78 is 2.60. The van der Waals surface area contributed by atoms with Crippen LogP contribution in [0.2, 0.25) is 36.5 Å². The Bertz CT molecular complexity index is 1390. The number of halogens is 2. The van der Waals surface area contributed by atoms with Crippen molar-refractivity contribution in [3.05, 3.63) is 0 Å². The van der Waals surface area contributed by atoms with Gasteiger partial charge in [-0.15, -0.1) is 24.8 Å². The van der Waals surface area contributed by atoms with E-state index in [-0.39, 0.29) is 40.7 Å². The second-order valence-corrected chi connectivity index (χ2v) is 52.6. The first-order valence-electron chi connectivity index (χ1n) is 12.5. The van der Waals surface area contributed by atoms with Crippen molar-refractivity contribution in [3.8, 4) is 0 Å². The monoisotopic (exact) mass is 651 g/mol. The summed E-state index contributed by atoms with van der Waals surface area (Å²) in [7, 11) is 0.0194. The topological polar surface area (TPSA) is 0 Å². The van der Waals surface area contributed by atoms with Crippen LogP contribution in [0.5, 0.6) is 0 Å². The first-order chi connectivity index (χ1) is 13.1. The zero-order chi connectivity index (χ0) is 22.0. The van der Waals surface area contributed by atoms with Gasteiger partial charge >= 0.3 is 190 Å². The fourth-order valence-electron chi connectivity index (χ4n) is 21.4. The van der Waals surface area contributed by atoms with E-state index in [0.717, 1.165) is 10.9 Å². The molecule has 5 atom stereocenters. The van der Waals surface area contributed by atoms with E-state index in [1.807, 2.05) is 0 Å². The molecule has 10 heterocycles. The fraction of sp³-hybridized carbons (Fsp3) is 1.00. The molecule has 10 aliphatic heterocycles. The Hall–Kier alpha value is 2.62. The number of fused-ring (bicyclic) bond motifs is 10. The van der Waals surface area contributed by atoms with Crippen molar-refractivity contribution in [1.82, 2.24) is 0 Å². The van der Waals surface area contributed by atoms with E-state index in [1.165, 1.54) is 33.7 Å². The van der Waals surface area contributed by atoms with Gasteiger partial charge in [-0.25, -0.2) is 0 Å². The van der Waals surface area contributed by atoms with Crippen molar-refractivity contribution in [3.63, 3.8) is 0 Å². The van der Waals surface area contributed by atoms with E-state index in [1.54, 1.807) is 0 Å². The normalized spacial score (nSPS) is 75.6. The Balaban J connectivity index is 0.000000845. The van der Waals surface area contributed by atoms with Gasteiger partial charge in [0.15, 0.2) is 0 Å². The summed E-state index contributed by atoms with van der Waals surface area (Å²) in [6, 6.07) is 0. The summed E-state index contributed by atoms with van der Waals surface area (Å²) in [6.07, 6.45) is 0. The van der Waals surface area contributed by atoms with Gasteiger partial charge in [0.05, 0.1) is 0 Å². The second-order valence-electron chi connectivity index (χ2n) is 19.0. The Labute approximate surface area is 213 Å². The third-order valence-electron chi connectivity index (χ3n) is 17.9. The van der Waals surface area contributed by atoms with Crippen LogP contribution < -0.4 is 0 Å². The molecule has 191 valence electrons. The molecule has 10 rings (SSSR count). The molecule has 1 spiro atoms. The summed E-state index contributed by atoms with van der Waals surface area (Å²) in [4.78, 5) is 9.48. The minimum atomic E-state index is -3.70. The van der Waals surface area contributed by atoms with Gasteiger partial charge in [-0.3, -0.25) is 0 Å². The van der Waals surface area contributed by atoms with Crippen LogP contribution in [-0.2, 0) is 25.7 Å². The zero-order valence-corrected chi connectivity index (χ0v) is 28.0. The van der Waals surface area contributed by atoms with Crippen LogP contribution in [0.15, 0.2) is 0 Å². The molecular weight excluding hydrogens is 607 g/mol. The molecule has 0 nitrogen and oxygen atoms in total. The predicted molar refractivity (Wildman–Crippen MR) is 142 cm³/mol. The molecule has 10 saturated heterocycles. The van der Waals surface area contributed by atoms with Gasteiger partial charge in [0.25, 0.3) is 0 Å². The Morgan fingerprint density at radius 2 is 0.875 bits per heavy atom. The van der Waals surface area contributed by atoms with E-state index < -0.39 is 6.51 Å². The Morgan fingerprint density at radius 3 is 1.09 bits per heavy atom. The van der Waals surface area contributed by atoms with Gasteiger partial charge in [-0.05, 0) is 0 Å². The van der Waals surface area contributed by atoms with E-state index in [0.29, 0.717) is 20.6 Å². The third-order valence-corrected chi connectivity index (χ3v) is 84.2. The Morgan fingerprint density at radius 1 is 0.562 bits per heavy atom. The standard InChI is InChI=1S/C21H38P2.C5H5.2ClH.Fe.Pd/c1-18(2,3)22(19(4,5)6)16-14-13-15-17(16)23(20(7,8)9)21(10,11)12;1-2-4-5-3-1;;;;/h13-14H,1-12H3;1-5H;2*1H;;. The molecule has 10 aliphatic rings. The SMILES string of the molecule is CC(C)(C)P(C(C)(C)C)[C]12[CH]3[CH]4[C]5([Pd])[C]1(P(C(C)(C)C)C(C)(C)C)[Fe]43521678[CH]2[CH]1[CH]6[CH]7[CH]28.Cl.Cl. The molecule has 5 unspecified atom stereocenters. The molecule has 0 aromatic carbocycles. The molecule has 0 aromatic rings. The van der Waals surface area contributed by atoms with Gasteiger partial charge in [0, 0.05) is 0 Å². The quantitative estimate of drug-likeness (QED) is 0.206. The zero-order valence-electron chi connectivity index (χ0n) is 21.9. The van der Waals surface area contributed by atoms with Crippen LogP contribution in [0.1, 0.15) is 83.1 Å². The number of hydrogen-bond acceptors (Lipinski definition) is 0. The van der Waals surface area contributed by atoms with Crippen LogP contribution in [0.25, 0.3) is 0 Å². The summed E-state index contributed by atoms with van der Waals surface area (Å²) >= 11 is 4.56. The maximum absolute atomic E-state index is 4.56. The molecule has 6 heteroatoms. The van der Waals surface area contributed by atoms with Gasteiger partial charge in [-0.1, -0.05) is 0 Å². The van der Waals surface area contributed by atoms with E-state index >= 15 is 0 Å². The van der Waals surface area contributed by atoms with Crippen molar-refractivity contribution in [2.45, 2.75) is 148 Å². The largest absolute Gasteiger partial charge is 0.147 e. The molecule has 0 saturated carbocycles.